The monoisotopic (exact) mass is 180 g/mol. The van der Waals surface area contributed by atoms with Crippen LogP contribution in [0.4, 0.5) is 0 Å². The van der Waals surface area contributed by atoms with Crippen molar-refractivity contribution < 1.29 is 4.42 Å². The molecule has 1 aromatic heterocycles. The standard InChI is InChI=1S/C10H9ClO/c1-6-5-8-3-4-9(11)7(2)10(8)12-6/h3-5H,1-2H3. The van der Waals surface area contributed by atoms with Crippen LogP contribution in [0.1, 0.15) is 11.3 Å². The molecule has 0 atom stereocenters. The Kier molecular flexibility index (Phi) is 1.62. The number of halogens is 1. The maximum absolute atomic E-state index is 5.94. The van der Waals surface area contributed by atoms with Gasteiger partial charge in [0, 0.05) is 16.0 Å². The molecule has 0 saturated heterocycles. The third-order valence-corrected chi connectivity index (χ3v) is 2.40. The summed E-state index contributed by atoms with van der Waals surface area (Å²) < 4.78 is 5.50. The van der Waals surface area contributed by atoms with Crippen molar-refractivity contribution in [1.82, 2.24) is 0 Å². The van der Waals surface area contributed by atoms with E-state index in [4.69, 9.17) is 16.0 Å². The van der Waals surface area contributed by atoms with E-state index in [1.807, 2.05) is 32.0 Å². The van der Waals surface area contributed by atoms with E-state index in [1.165, 1.54) is 0 Å². The Morgan fingerprint density at radius 1 is 1.25 bits per heavy atom. The molecule has 0 spiro atoms. The zero-order chi connectivity index (χ0) is 8.72. The lowest BCUT2D eigenvalue weighted by molar-refractivity contribution is 0.576. The summed E-state index contributed by atoms with van der Waals surface area (Å²) in [5.41, 5.74) is 1.92. The number of rotatable bonds is 0. The van der Waals surface area contributed by atoms with Gasteiger partial charge in [-0.3, -0.25) is 0 Å². The van der Waals surface area contributed by atoms with Crippen molar-refractivity contribution >= 4 is 22.6 Å². The Bertz CT molecular complexity index is 429. The van der Waals surface area contributed by atoms with Gasteiger partial charge in [0.15, 0.2) is 0 Å². The fraction of sp³-hybridized carbons (Fsp3) is 0.200. The molecule has 0 fully saturated rings. The predicted molar refractivity (Wildman–Crippen MR) is 50.7 cm³/mol. The molecule has 1 aromatic carbocycles. The van der Waals surface area contributed by atoms with Gasteiger partial charge in [-0.1, -0.05) is 11.6 Å². The van der Waals surface area contributed by atoms with Gasteiger partial charge in [-0.2, -0.15) is 0 Å². The van der Waals surface area contributed by atoms with Gasteiger partial charge in [0.25, 0.3) is 0 Å². The highest BCUT2D eigenvalue weighted by Gasteiger charge is 2.05. The molecule has 0 unspecified atom stereocenters. The molecular weight excluding hydrogens is 172 g/mol. The second-order valence-corrected chi connectivity index (χ2v) is 3.35. The third-order valence-electron chi connectivity index (χ3n) is 1.99. The highest BCUT2D eigenvalue weighted by Crippen LogP contribution is 2.27. The van der Waals surface area contributed by atoms with Gasteiger partial charge in [0.05, 0.1) is 0 Å². The van der Waals surface area contributed by atoms with Crippen molar-refractivity contribution in [2.75, 3.05) is 0 Å². The third kappa shape index (κ3) is 1.01. The molecule has 0 aliphatic carbocycles. The maximum Gasteiger partial charge on any atom is 0.138 e. The minimum Gasteiger partial charge on any atom is -0.461 e. The maximum atomic E-state index is 5.94. The molecule has 2 heteroatoms. The van der Waals surface area contributed by atoms with Gasteiger partial charge in [0.1, 0.15) is 11.3 Å². The molecule has 2 aromatic rings. The van der Waals surface area contributed by atoms with Gasteiger partial charge in [-0.25, -0.2) is 0 Å². The summed E-state index contributed by atoms with van der Waals surface area (Å²) in [5, 5.41) is 1.88. The molecule has 12 heavy (non-hydrogen) atoms. The second-order valence-electron chi connectivity index (χ2n) is 2.95. The molecule has 0 saturated carbocycles. The van der Waals surface area contributed by atoms with E-state index in [2.05, 4.69) is 0 Å². The summed E-state index contributed by atoms with van der Waals surface area (Å²) >= 11 is 5.94. The van der Waals surface area contributed by atoms with Gasteiger partial charge in [-0.15, -0.1) is 0 Å². The summed E-state index contributed by atoms with van der Waals surface area (Å²) in [6.45, 7) is 3.90. The SMILES string of the molecule is Cc1cc2ccc(Cl)c(C)c2o1. The Morgan fingerprint density at radius 2 is 2.00 bits per heavy atom. The van der Waals surface area contributed by atoms with Crippen LogP contribution in [0, 0.1) is 13.8 Å². The van der Waals surface area contributed by atoms with E-state index in [1.54, 1.807) is 0 Å². The minimum atomic E-state index is 0.761. The van der Waals surface area contributed by atoms with Crippen molar-refractivity contribution in [3.63, 3.8) is 0 Å². The summed E-state index contributed by atoms with van der Waals surface area (Å²) in [4.78, 5) is 0. The van der Waals surface area contributed by atoms with E-state index in [9.17, 15) is 0 Å². The topological polar surface area (TPSA) is 13.1 Å². The smallest absolute Gasteiger partial charge is 0.138 e. The molecular formula is C10H9ClO. The Labute approximate surface area is 75.9 Å². The summed E-state index contributed by atoms with van der Waals surface area (Å²) in [6.07, 6.45) is 0. The first kappa shape index (κ1) is 7.69. The highest BCUT2D eigenvalue weighted by atomic mass is 35.5. The number of fused-ring (bicyclic) bond motifs is 1. The molecule has 1 nitrogen and oxygen atoms in total. The summed E-state index contributed by atoms with van der Waals surface area (Å²) in [6, 6.07) is 5.88. The van der Waals surface area contributed by atoms with Crippen LogP contribution in [0.25, 0.3) is 11.0 Å². The summed E-state index contributed by atoms with van der Waals surface area (Å²) in [7, 11) is 0. The lowest BCUT2D eigenvalue weighted by Gasteiger charge is -1.96. The van der Waals surface area contributed by atoms with Crippen LogP contribution in [0.3, 0.4) is 0 Å². The number of aryl methyl sites for hydroxylation is 2. The highest BCUT2D eigenvalue weighted by molar-refractivity contribution is 6.32. The molecule has 0 aliphatic heterocycles. The molecule has 0 bridgehead atoms. The Morgan fingerprint density at radius 3 is 2.75 bits per heavy atom. The average molecular weight is 181 g/mol. The van der Waals surface area contributed by atoms with Crippen molar-refractivity contribution in [2.45, 2.75) is 13.8 Å². The minimum absolute atomic E-state index is 0.761. The molecule has 0 radical (unpaired) electrons. The van der Waals surface area contributed by atoms with Crippen LogP contribution in [0.2, 0.25) is 5.02 Å². The largest absolute Gasteiger partial charge is 0.461 e. The van der Waals surface area contributed by atoms with Crippen molar-refractivity contribution in [3.8, 4) is 0 Å². The lowest BCUT2D eigenvalue weighted by Crippen LogP contribution is -1.74. The van der Waals surface area contributed by atoms with E-state index < -0.39 is 0 Å². The number of furan rings is 1. The second kappa shape index (κ2) is 2.53. The van der Waals surface area contributed by atoms with E-state index in [0.717, 1.165) is 27.3 Å². The van der Waals surface area contributed by atoms with Gasteiger partial charge >= 0.3 is 0 Å². The predicted octanol–water partition coefficient (Wildman–Crippen LogP) is 3.70. The molecule has 0 N–H and O–H groups in total. The van der Waals surface area contributed by atoms with Gasteiger partial charge < -0.3 is 4.42 Å². The van der Waals surface area contributed by atoms with Crippen LogP contribution in [0.5, 0.6) is 0 Å². The fourth-order valence-corrected chi connectivity index (χ4v) is 1.50. The quantitative estimate of drug-likeness (QED) is 0.603. The van der Waals surface area contributed by atoms with Crippen LogP contribution >= 0.6 is 11.6 Å². The van der Waals surface area contributed by atoms with Crippen LogP contribution in [-0.2, 0) is 0 Å². The lowest BCUT2D eigenvalue weighted by atomic mass is 10.2. The molecule has 1 heterocycles. The first-order valence-corrected chi connectivity index (χ1v) is 4.21. The van der Waals surface area contributed by atoms with E-state index in [0.29, 0.717) is 0 Å². The molecule has 0 amide bonds. The molecule has 0 aliphatic rings. The first-order valence-electron chi connectivity index (χ1n) is 3.84. The van der Waals surface area contributed by atoms with Gasteiger partial charge in [-0.05, 0) is 32.0 Å². The number of hydrogen-bond acceptors (Lipinski definition) is 1. The van der Waals surface area contributed by atoms with E-state index >= 15 is 0 Å². The molecule has 2 rings (SSSR count). The van der Waals surface area contributed by atoms with Crippen molar-refractivity contribution in [3.05, 3.63) is 34.5 Å². The number of benzene rings is 1. The zero-order valence-electron chi connectivity index (χ0n) is 7.02. The average Bonchev–Trinajstić information content (AvgIpc) is 2.39. The van der Waals surface area contributed by atoms with Gasteiger partial charge in [0.2, 0.25) is 0 Å². The van der Waals surface area contributed by atoms with E-state index in [-0.39, 0.29) is 0 Å². The zero-order valence-corrected chi connectivity index (χ0v) is 7.77. The Balaban J connectivity index is 2.89. The number of hydrogen-bond donors (Lipinski definition) is 0. The Hall–Kier alpha value is -0.950. The molecule has 62 valence electrons. The first-order chi connectivity index (χ1) is 5.68. The summed E-state index contributed by atoms with van der Waals surface area (Å²) in [5.74, 6) is 0.926. The van der Waals surface area contributed by atoms with Crippen molar-refractivity contribution in [2.24, 2.45) is 0 Å². The normalized spacial score (nSPS) is 10.9. The van der Waals surface area contributed by atoms with Crippen molar-refractivity contribution in [1.29, 1.82) is 0 Å². The van der Waals surface area contributed by atoms with Crippen LogP contribution < -0.4 is 0 Å². The van der Waals surface area contributed by atoms with Crippen LogP contribution in [-0.4, -0.2) is 0 Å². The fourth-order valence-electron chi connectivity index (χ4n) is 1.35. The van der Waals surface area contributed by atoms with Crippen LogP contribution in [0.15, 0.2) is 22.6 Å².